The fourth-order valence-corrected chi connectivity index (χ4v) is 7.44. The first-order valence-electron chi connectivity index (χ1n) is 17.9. The lowest BCUT2D eigenvalue weighted by molar-refractivity contribution is -0.120. The molecule has 2 saturated carbocycles. The van der Waals surface area contributed by atoms with Gasteiger partial charge in [-0.2, -0.15) is 5.10 Å². The van der Waals surface area contributed by atoms with E-state index in [1.807, 2.05) is 39.3 Å². The average Bonchev–Trinajstić information content (AvgIpc) is 3.89. The fraction of sp³-hybridized carbons (Fsp3) is 0.722. The van der Waals surface area contributed by atoms with Gasteiger partial charge < -0.3 is 29.6 Å². The summed E-state index contributed by atoms with van der Waals surface area (Å²) < 4.78 is 25.6. The topological polar surface area (TPSA) is 126 Å². The highest BCUT2D eigenvalue weighted by Gasteiger charge is 2.48. The molecule has 4 rings (SSSR count). The zero-order valence-electron chi connectivity index (χ0n) is 31.8. The van der Waals surface area contributed by atoms with Crippen molar-refractivity contribution in [3.05, 3.63) is 23.7 Å². The maximum absolute atomic E-state index is 14.0. The van der Waals surface area contributed by atoms with Crippen LogP contribution in [0, 0.1) is 31.6 Å². The van der Waals surface area contributed by atoms with Crippen LogP contribution >= 0.6 is 0 Å². The van der Waals surface area contributed by atoms with Gasteiger partial charge in [-0.15, -0.1) is 0 Å². The van der Waals surface area contributed by atoms with Crippen molar-refractivity contribution in [3.8, 4) is 17.0 Å². The van der Waals surface area contributed by atoms with Crippen molar-refractivity contribution in [1.82, 2.24) is 20.1 Å². The molecule has 0 saturated heterocycles. The van der Waals surface area contributed by atoms with Crippen molar-refractivity contribution in [1.29, 1.82) is 0 Å². The molecule has 49 heavy (non-hydrogen) atoms. The number of anilines is 1. The first-order chi connectivity index (χ1) is 22.8. The maximum atomic E-state index is 14.0. The van der Waals surface area contributed by atoms with E-state index in [4.69, 9.17) is 29.0 Å². The van der Waals surface area contributed by atoms with E-state index < -0.39 is 33.9 Å². The number of ether oxygens (including phenoxy) is 4. The summed E-state index contributed by atoms with van der Waals surface area (Å²) in [4.78, 5) is 31.7. The van der Waals surface area contributed by atoms with E-state index in [2.05, 4.69) is 49.9 Å². The summed E-state index contributed by atoms with van der Waals surface area (Å²) in [5.41, 5.74) is 3.00. The predicted octanol–water partition coefficient (Wildman–Crippen LogP) is 7.83. The number of aryl methyl sites for hydroxylation is 1. The van der Waals surface area contributed by atoms with Crippen LogP contribution in [0.1, 0.15) is 57.8 Å². The molecule has 0 spiro atoms. The predicted molar refractivity (Wildman–Crippen MR) is 199 cm³/mol. The fourth-order valence-electron chi connectivity index (χ4n) is 5.93. The molecular weight excluding hydrogens is 655 g/mol. The van der Waals surface area contributed by atoms with E-state index in [1.165, 1.54) is 0 Å². The Labute approximate surface area is 295 Å². The van der Waals surface area contributed by atoms with Gasteiger partial charge in [-0.25, -0.2) is 9.48 Å². The van der Waals surface area contributed by atoms with Crippen LogP contribution in [0.5, 0.6) is 5.75 Å². The van der Waals surface area contributed by atoms with Gasteiger partial charge in [-0.05, 0) is 90.1 Å². The Morgan fingerprint density at radius 3 is 2.10 bits per heavy atom. The van der Waals surface area contributed by atoms with E-state index >= 15 is 0 Å². The number of nitrogens with zero attached hydrogens (tertiary/aromatic N) is 3. The van der Waals surface area contributed by atoms with Gasteiger partial charge >= 0.3 is 6.09 Å². The summed E-state index contributed by atoms with van der Waals surface area (Å²) in [6.07, 6.45) is 5.34. The lowest BCUT2D eigenvalue weighted by Crippen LogP contribution is -2.51. The highest BCUT2D eigenvalue weighted by atomic mass is 28.3. The molecule has 0 aliphatic heterocycles. The summed E-state index contributed by atoms with van der Waals surface area (Å²) in [6, 6.07) is 3.18. The van der Waals surface area contributed by atoms with Gasteiger partial charge in [0, 0.05) is 46.7 Å². The molecule has 274 valence electrons. The first kappa shape index (κ1) is 39.0. The van der Waals surface area contributed by atoms with Gasteiger partial charge in [0.15, 0.2) is 12.5 Å². The smallest absolute Gasteiger partial charge is 0.408 e. The molecule has 2 heterocycles. The summed E-state index contributed by atoms with van der Waals surface area (Å²) in [5, 5.41) is 10.8. The van der Waals surface area contributed by atoms with Crippen molar-refractivity contribution in [3.63, 3.8) is 0 Å². The quantitative estimate of drug-likeness (QED) is 0.0909. The number of amides is 2. The minimum atomic E-state index is -1.27. The van der Waals surface area contributed by atoms with Gasteiger partial charge in [0.1, 0.15) is 24.1 Å². The Kier molecular flexibility index (Phi) is 12.8. The standard InChI is InChI=1S/C36H61N5O6Si2/c1-24-30(25(2)41(40-24)22-44-16-18-48(6,7)8)32-29(46-23-45-17-19-49(9,10)11)20-28(21-37-32)38-34(42)33(39-35(43)47-36(3,4)5)31(26-12-13-26)27-14-15-27/h20-21,26-27,31,33H,12-19,22-23H2,1-11H3,(H,38,42)(H,39,43)/t33-/m0/s1. The van der Waals surface area contributed by atoms with Crippen LogP contribution in [0.3, 0.4) is 0 Å². The van der Waals surface area contributed by atoms with Crippen molar-refractivity contribution in [2.24, 2.45) is 17.8 Å². The average molecular weight is 716 g/mol. The summed E-state index contributed by atoms with van der Waals surface area (Å²) >= 11 is 0. The third kappa shape index (κ3) is 12.5. The highest BCUT2D eigenvalue weighted by molar-refractivity contribution is 6.76. The molecule has 1 atom stereocenters. The third-order valence-electron chi connectivity index (χ3n) is 8.91. The largest absolute Gasteiger partial charge is 0.465 e. The van der Waals surface area contributed by atoms with Gasteiger partial charge in [-0.3, -0.25) is 9.78 Å². The molecule has 2 aromatic heterocycles. The Morgan fingerprint density at radius 1 is 0.959 bits per heavy atom. The summed E-state index contributed by atoms with van der Waals surface area (Å²) in [7, 11) is -2.47. The van der Waals surface area contributed by atoms with E-state index in [-0.39, 0.29) is 18.6 Å². The number of carbonyl (C=O) groups is 2. The zero-order chi connectivity index (χ0) is 36.1. The van der Waals surface area contributed by atoms with Crippen LogP contribution in [0.15, 0.2) is 12.3 Å². The molecule has 2 amide bonds. The Hall–Kier alpha value is -2.75. The second-order valence-electron chi connectivity index (χ2n) is 17.3. The lowest BCUT2D eigenvalue weighted by Gasteiger charge is -2.29. The second-order valence-corrected chi connectivity index (χ2v) is 28.6. The second kappa shape index (κ2) is 16.1. The number of hydrogen-bond donors (Lipinski definition) is 2. The molecule has 11 nitrogen and oxygen atoms in total. The monoisotopic (exact) mass is 715 g/mol. The molecular formula is C36H61N5O6Si2. The minimum absolute atomic E-state index is 0.0524. The third-order valence-corrected chi connectivity index (χ3v) is 12.3. The Bertz CT molecular complexity index is 1420. The molecule has 0 radical (unpaired) electrons. The van der Waals surface area contributed by atoms with E-state index in [1.54, 1.807) is 12.3 Å². The van der Waals surface area contributed by atoms with Gasteiger partial charge in [0.2, 0.25) is 5.91 Å². The molecule has 0 bridgehead atoms. The molecule has 0 aromatic carbocycles. The van der Waals surface area contributed by atoms with Crippen LogP contribution < -0.4 is 15.4 Å². The van der Waals surface area contributed by atoms with Crippen molar-refractivity contribution >= 4 is 33.8 Å². The normalized spacial score (nSPS) is 16.1. The van der Waals surface area contributed by atoms with Crippen LogP contribution in [-0.2, 0) is 25.7 Å². The molecule has 2 aliphatic rings. The van der Waals surface area contributed by atoms with Crippen LogP contribution in [0.4, 0.5) is 10.5 Å². The van der Waals surface area contributed by atoms with Crippen LogP contribution in [-0.4, -0.2) is 74.6 Å². The van der Waals surface area contributed by atoms with Crippen LogP contribution in [0.2, 0.25) is 51.4 Å². The van der Waals surface area contributed by atoms with Gasteiger partial charge in [0.25, 0.3) is 0 Å². The summed E-state index contributed by atoms with van der Waals surface area (Å²) in [5.74, 6) is 1.12. The lowest BCUT2D eigenvalue weighted by atomic mass is 9.88. The Balaban J connectivity index is 1.57. The minimum Gasteiger partial charge on any atom is -0.465 e. The number of nitrogens with one attached hydrogen (secondary N) is 2. The molecule has 2 aliphatic carbocycles. The first-order valence-corrected chi connectivity index (χ1v) is 25.4. The van der Waals surface area contributed by atoms with E-state index in [9.17, 15) is 9.59 Å². The van der Waals surface area contributed by atoms with E-state index in [0.717, 1.165) is 54.7 Å². The van der Waals surface area contributed by atoms with Crippen LogP contribution in [0.25, 0.3) is 11.3 Å². The van der Waals surface area contributed by atoms with Gasteiger partial charge in [0.05, 0.1) is 17.6 Å². The van der Waals surface area contributed by atoms with E-state index in [0.29, 0.717) is 48.9 Å². The Morgan fingerprint density at radius 2 is 1.55 bits per heavy atom. The maximum Gasteiger partial charge on any atom is 0.408 e. The number of hydrogen-bond acceptors (Lipinski definition) is 8. The number of carbonyl (C=O) groups excluding carboxylic acids is 2. The number of rotatable bonds is 18. The SMILES string of the molecule is Cc1nn(COCC[Si](C)(C)C)c(C)c1-c1ncc(NC(=O)[C@@H](NC(=O)OC(C)(C)C)C(C2CC2)C2CC2)cc1OCOCC[Si](C)(C)C. The van der Waals surface area contributed by atoms with Crippen molar-refractivity contribution in [2.75, 3.05) is 25.3 Å². The zero-order valence-corrected chi connectivity index (χ0v) is 33.8. The molecule has 2 aromatic rings. The molecule has 0 unspecified atom stereocenters. The van der Waals surface area contributed by atoms with Gasteiger partial charge in [-0.1, -0.05) is 39.3 Å². The van der Waals surface area contributed by atoms with Crippen molar-refractivity contribution < 1.29 is 28.5 Å². The highest BCUT2D eigenvalue weighted by Crippen LogP contribution is 2.51. The molecule has 2 fully saturated rings. The molecule has 2 N–H and O–H groups in total. The number of alkyl carbamates (subject to hydrolysis) is 1. The number of aromatic nitrogens is 3. The summed E-state index contributed by atoms with van der Waals surface area (Å²) in [6.45, 7) is 25.1. The molecule has 13 heteroatoms. The number of pyridine rings is 1. The van der Waals surface area contributed by atoms with Crippen molar-refractivity contribution in [2.45, 2.75) is 130 Å².